The number of hydrogen-bond donors (Lipinski definition) is 1. The van der Waals surface area contributed by atoms with Gasteiger partial charge in [0.2, 0.25) is 5.88 Å². The number of alkyl halides is 1. The molecule has 2 heterocycles. The third kappa shape index (κ3) is 6.86. The molecule has 1 aliphatic rings. The second-order valence-electron chi connectivity index (χ2n) is 9.02. The molecule has 1 aromatic carbocycles. The van der Waals surface area contributed by atoms with E-state index in [0.717, 1.165) is 12.1 Å². The normalized spacial score (nSPS) is 20.4. The highest BCUT2D eigenvalue weighted by atomic mass is 32.2. The van der Waals surface area contributed by atoms with Crippen LogP contribution in [0.3, 0.4) is 0 Å². The minimum absolute atomic E-state index is 0.0651. The zero-order valence-electron chi connectivity index (χ0n) is 21.0. The number of ether oxygens (including phenoxy) is 2. The Morgan fingerprint density at radius 2 is 2.11 bits per heavy atom. The van der Waals surface area contributed by atoms with E-state index in [9.17, 15) is 12.8 Å². The number of aliphatic imine (C=N–C) groups is 1. The van der Waals surface area contributed by atoms with Crippen molar-refractivity contribution >= 4 is 27.6 Å². The van der Waals surface area contributed by atoms with Crippen LogP contribution < -0.4 is 10.5 Å². The highest BCUT2D eigenvalue weighted by Gasteiger charge is 2.48. The molecule has 1 saturated heterocycles. The minimum Gasteiger partial charge on any atom is -0.474 e. The molecular formula is C25H31F3N4O4S. The van der Waals surface area contributed by atoms with Gasteiger partial charge in [-0.15, -0.1) is 0 Å². The van der Waals surface area contributed by atoms with Crippen LogP contribution in [0.25, 0.3) is 11.9 Å². The zero-order valence-corrected chi connectivity index (χ0v) is 21.8. The van der Waals surface area contributed by atoms with Gasteiger partial charge in [-0.1, -0.05) is 6.07 Å². The van der Waals surface area contributed by atoms with Gasteiger partial charge in [-0.25, -0.2) is 27.2 Å². The van der Waals surface area contributed by atoms with Crippen molar-refractivity contribution in [3.05, 3.63) is 53.2 Å². The maximum absolute atomic E-state index is 15.1. The van der Waals surface area contributed by atoms with Crippen molar-refractivity contribution in [3.8, 4) is 5.88 Å². The number of halogens is 3. The largest absolute Gasteiger partial charge is 0.474 e. The first-order valence-electron chi connectivity index (χ1n) is 11.8. The summed E-state index contributed by atoms with van der Waals surface area (Å²) < 4.78 is 79.1. The summed E-state index contributed by atoms with van der Waals surface area (Å²) in [5.74, 6) is -1.48. The smallest absolute Gasteiger partial charge is 0.232 e. The predicted molar refractivity (Wildman–Crippen MR) is 136 cm³/mol. The second kappa shape index (κ2) is 12.0. The van der Waals surface area contributed by atoms with Gasteiger partial charge in [-0.05, 0) is 50.5 Å². The lowest BCUT2D eigenvalue weighted by atomic mass is 9.85. The first kappa shape index (κ1) is 28.6. The second-order valence-corrected chi connectivity index (χ2v) is 11.3. The Kier molecular flexibility index (Phi) is 9.30. The van der Waals surface area contributed by atoms with Crippen LogP contribution in [0.5, 0.6) is 5.88 Å². The third-order valence-corrected chi connectivity index (χ3v) is 8.67. The molecule has 12 heteroatoms. The van der Waals surface area contributed by atoms with Gasteiger partial charge in [0, 0.05) is 19.1 Å². The third-order valence-electron chi connectivity index (χ3n) is 6.25. The number of benzene rings is 1. The number of hydrogen-bond acceptors (Lipinski definition) is 7. The standard InChI is InChI=1S/C25H31F3N4O4S/c1-16(35-3)15-36-24-14-30-21(13-31-24)20(28)12-17-6-7-19(27)18(11-17)25(2,32-23(29)8-9-26)22-5-4-10-37(22,33)34/h6-7,11-14,16,22H,4-5,8-10,15H2,1-3H3,(H2,29,32)/b20-12-/t16?,22-,25?/m0/s1. The molecule has 37 heavy (non-hydrogen) atoms. The molecule has 1 aromatic heterocycles. The van der Waals surface area contributed by atoms with Gasteiger partial charge >= 0.3 is 0 Å². The number of nitrogens with two attached hydrogens (primary N) is 1. The van der Waals surface area contributed by atoms with Crippen molar-refractivity contribution in [2.45, 2.75) is 50.0 Å². The molecule has 0 amide bonds. The van der Waals surface area contributed by atoms with E-state index in [1.165, 1.54) is 31.5 Å². The van der Waals surface area contributed by atoms with E-state index >= 15 is 8.78 Å². The minimum atomic E-state index is -3.62. The Morgan fingerprint density at radius 1 is 1.35 bits per heavy atom. The van der Waals surface area contributed by atoms with E-state index < -0.39 is 38.9 Å². The number of sulfone groups is 1. The van der Waals surface area contributed by atoms with Crippen LogP contribution in [0.15, 0.2) is 35.6 Å². The Bertz CT molecular complexity index is 1260. The molecule has 3 rings (SSSR count). The molecule has 2 aromatic rings. The average molecular weight is 541 g/mol. The van der Waals surface area contributed by atoms with Crippen LogP contribution in [0.4, 0.5) is 13.2 Å². The van der Waals surface area contributed by atoms with Gasteiger partial charge in [-0.3, -0.25) is 9.38 Å². The van der Waals surface area contributed by atoms with Gasteiger partial charge in [0.05, 0.1) is 42.0 Å². The Labute approximate surface area is 214 Å². The highest BCUT2D eigenvalue weighted by molar-refractivity contribution is 7.92. The summed E-state index contributed by atoms with van der Waals surface area (Å²) in [4.78, 5) is 12.3. The van der Waals surface area contributed by atoms with Crippen LogP contribution in [-0.4, -0.2) is 61.7 Å². The average Bonchev–Trinajstić information content (AvgIpc) is 3.23. The van der Waals surface area contributed by atoms with Crippen LogP contribution in [-0.2, 0) is 20.1 Å². The molecule has 0 spiro atoms. The molecule has 2 unspecified atom stereocenters. The SMILES string of the molecule is COC(C)COc1cnc(/C(F)=C/c2ccc(F)c(C(C)(N=C(N)CCF)[C@@H]3CCCS3(=O)=O)c2)cn1. The first-order chi connectivity index (χ1) is 17.5. The number of rotatable bonds is 11. The molecule has 202 valence electrons. The maximum Gasteiger partial charge on any atom is 0.232 e. The number of aromatic nitrogens is 2. The molecule has 3 atom stereocenters. The molecule has 0 aliphatic carbocycles. The molecule has 1 fully saturated rings. The number of nitrogens with zero attached hydrogens (tertiary/aromatic N) is 3. The monoisotopic (exact) mass is 540 g/mol. The Balaban J connectivity index is 1.96. The van der Waals surface area contributed by atoms with Crippen molar-refractivity contribution in [2.24, 2.45) is 10.7 Å². The van der Waals surface area contributed by atoms with E-state index in [-0.39, 0.29) is 59.8 Å². The zero-order chi connectivity index (χ0) is 27.2. The lowest BCUT2D eigenvalue weighted by Crippen LogP contribution is -2.41. The molecular weight excluding hydrogens is 509 g/mol. The number of amidine groups is 1. The van der Waals surface area contributed by atoms with E-state index in [1.54, 1.807) is 7.11 Å². The van der Waals surface area contributed by atoms with E-state index in [1.807, 2.05) is 6.92 Å². The molecule has 0 radical (unpaired) electrons. The summed E-state index contributed by atoms with van der Waals surface area (Å²) in [6.45, 7) is 2.72. The lowest BCUT2D eigenvalue weighted by molar-refractivity contribution is 0.0698. The molecule has 2 N–H and O–H groups in total. The predicted octanol–water partition coefficient (Wildman–Crippen LogP) is 4.01. The van der Waals surface area contributed by atoms with Crippen molar-refractivity contribution in [1.29, 1.82) is 0 Å². The van der Waals surface area contributed by atoms with Gasteiger partial charge in [0.1, 0.15) is 23.7 Å². The number of methoxy groups -OCH3 is 1. The van der Waals surface area contributed by atoms with Crippen molar-refractivity contribution in [2.75, 3.05) is 26.1 Å². The van der Waals surface area contributed by atoms with Crippen LogP contribution in [0, 0.1) is 5.82 Å². The molecule has 0 saturated carbocycles. The van der Waals surface area contributed by atoms with Crippen molar-refractivity contribution < 1.29 is 31.1 Å². The Hall–Kier alpha value is -2.99. The van der Waals surface area contributed by atoms with Crippen LogP contribution in [0.1, 0.15) is 49.9 Å². The van der Waals surface area contributed by atoms with E-state index in [0.29, 0.717) is 6.42 Å². The topological polar surface area (TPSA) is 117 Å². The quantitative estimate of drug-likeness (QED) is 0.338. The Morgan fingerprint density at radius 3 is 2.70 bits per heavy atom. The summed E-state index contributed by atoms with van der Waals surface area (Å²) in [7, 11) is -2.07. The summed E-state index contributed by atoms with van der Waals surface area (Å²) in [6.07, 6.45) is 3.84. The van der Waals surface area contributed by atoms with Gasteiger partial charge < -0.3 is 15.2 Å². The van der Waals surface area contributed by atoms with Gasteiger partial charge in [0.25, 0.3) is 0 Å². The van der Waals surface area contributed by atoms with E-state index in [2.05, 4.69) is 15.0 Å². The van der Waals surface area contributed by atoms with Gasteiger partial charge in [0.15, 0.2) is 15.7 Å². The highest BCUT2D eigenvalue weighted by Crippen LogP contribution is 2.41. The van der Waals surface area contributed by atoms with Crippen molar-refractivity contribution in [3.63, 3.8) is 0 Å². The summed E-state index contributed by atoms with van der Waals surface area (Å²) in [6, 6.07) is 3.77. The van der Waals surface area contributed by atoms with Gasteiger partial charge in [-0.2, -0.15) is 0 Å². The van der Waals surface area contributed by atoms with Crippen LogP contribution in [0.2, 0.25) is 0 Å². The summed E-state index contributed by atoms with van der Waals surface area (Å²) in [5, 5.41) is -1.06. The lowest BCUT2D eigenvalue weighted by Gasteiger charge is -2.32. The molecule has 8 nitrogen and oxygen atoms in total. The fourth-order valence-electron chi connectivity index (χ4n) is 4.20. The molecule has 1 aliphatic heterocycles. The van der Waals surface area contributed by atoms with E-state index in [4.69, 9.17) is 15.2 Å². The fourth-order valence-corrected chi connectivity index (χ4v) is 6.46. The maximum atomic E-state index is 15.1. The first-order valence-corrected chi connectivity index (χ1v) is 13.5. The molecule has 0 bridgehead atoms. The summed E-state index contributed by atoms with van der Waals surface area (Å²) >= 11 is 0. The fraction of sp³-hybridized carbons (Fsp3) is 0.480. The van der Waals surface area contributed by atoms with Crippen molar-refractivity contribution in [1.82, 2.24) is 9.97 Å². The summed E-state index contributed by atoms with van der Waals surface area (Å²) in [5.41, 5.74) is 4.31. The van der Waals surface area contributed by atoms with Crippen LogP contribution >= 0.6 is 0 Å².